The van der Waals surface area contributed by atoms with E-state index in [1.165, 1.54) is 0 Å². The molecule has 104 valence electrons. The van der Waals surface area contributed by atoms with Gasteiger partial charge in [0.2, 0.25) is 0 Å². The topological polar surface area (TPSA) is 38.3 Å². The molecule has 0 heterocycles. The number of amides is 1. The number of carbonyl (C=O) groups is 1. The third-order valence-electron chi connectivity index (χ3n) is 2.78. The summed E-state index contributed by atoms with van der Waals surface area (Å²) in [6.07, 6.45) is 0. The highest BCUT2D eigenvalue weighted by atomic mass is 79.9. The van der Waals surface area contributed by atoms with Gasteiger partial charge in [-0.2, -0.15) is 0 Å². The summed E-state index contributed by atoms with van der Waals surface area (Å²) in [7, 11) is 1.54. The van der Waals surface area contributed by atoms with Crippen LogP contribution in [-0.4, -0.2) is 13.0 Å². The van der Waals surface area contributed by atoms with Crippen LogP contribution >= 0.6 is 27.5 Å². The van der Waals surface area contributed by atoms with E-state index in [9.17, 15) is 4.79 Å². The Hall–Kier alpha value is -1.52. The molecule has 3 nitrogen and oxygen atoms in total. The Kier molecular flexibility index (Phi) is 4.68. The first-order valence-corrected chi connectivity index (χ1v) is 7.09. The normalized spacial score (nSPS) is 10.2. The number of carbonyl (C=O) groups excluding carboxylic acids is 1. The first-order valence-electron chi connectivity index (χ1n) is 5.92. The van der Waals surface area contributed by atoms with Crippen molar-refractivity contribution in [1.29, 1.82) is 0 Å². The van der Waals surface area contributed by atoms with Gasteiger partial charge in [0, 0.05) is 9.50 Å². The van der Waals surface area contributed by atoms with Crippen LogP contribution in [0.2, 0.25) is 5.02 Å². The predicted octanol–water partition coefficient (Wildman–Crippen LogP) is 4.67. The number of benzene rings is 2. The highest BCUT2D eigenvalue weighted by Crippen LogP contribution is 2.27. The SMILES string of the molecule is COc1ccc(C)cc1C(=O)Nc1ccc(Cl)cc1Br. The fraction of sp³-hybridized carbons (Fsp3) is 0.133. The maximum absolute atomic E-state index is 12.3. The first-order chi connectivity index (χ1) is 9.51. The largest absolute Gasteiger partial charge is 0.496 e. The monoisotopic (exact) mass is 353 g/mol. The Morgan fingerprint density at radius 3 is 2.65 bits per heavy atom. The van der Waals surface area contributed by atoms with Gasteiger partial charge in [0.15, 0.2) is 0 Å². The van der Waals surface area contributed by atoms with Crippen molar-refractivity contribution in [3.05, 3.63) is 57.0 Å². The number of hydrogen-bond donors (Lipinski definition) is 1. The van der Waals surface area contributed by atoms with E-state index < -0.39 is 0 Å². The fourth-order valence-corrected chi connectivity index (χ4v) is 2.56. The molecular formula is C15H13BrClNO2. The molecule has 2 aromatic rings. The van der Waals surface area contributed by atoms with Crippen molar-refractivity contribution in [2.45, 2.75) is 6.92 Å². The summed E-state index contributed by atoms with van der Waals surface area (Å²) < 4.78 is 5.94. The molecule has 0 aromatic heterocycles. The maximum atomic E-state index is 12.3. The van der Waals surface area contributed by atoms with Gasteiger partial charge < -0.3 is 10.1 Å². The van der Waals surface area contributed by atoms with Crippen molar-refractivity contribution in [1.82, 2.24) is 0 Å². The van der Waals surface area contributed by atoms with Crippen LogP contribution in [0.25, 0.3) is 0 Å². The average molecular weight is 355 g/mol. The highest BCUT2D eigenvalue weighted by Gasteiger charge is 2.14. The molecule has 0 fully saturated rings. The van der Waals surface area contributed by atoms with Gasteiger partial charge in [-0.1, -0.05) is 23.2 Å². The summed E-state index contributed by atoms with van der Waals surface area (Å²) in [6, 6.07) is 10.7. The van der Waals surface area contributed by atoms with Crippen LogP contribution in [0.4, 0.5) is 5.69 Å². The number of nitrogens with one attached hydrogen (secondary N) is 1. The van der Waals surface area contributed by atoms with E-state index in [1.807, 2.05) is 13.0 Å². The standard InChI is InChI=1S/C15H13BrClNO2/c1-9-3-6-14(20-2)11(7-9)15(19)18-13-5-4-10(17)8-12(13)16/h3-8H,1-2H3,(H,18,19). The third kappa shape index (κ3) is 3.32. The molecule has 0 spiro atoms. The smallest absolute Gasteiger partial charge is 0.259 e. The van der Waals surface area contributed by atoms with Crippen molar-refractivity contribution in [2.24, 2.45) is 0 Å². The second-order valence-electron chi connectivity index (χ2n) is 4.28. The van der Waals surface area contributed by atoms with Crippen LogP contribution in [0, 0.1) is 6.92 Å². The Bertz CT molecular complexity index is 658. The predicted molar refractivity (Wildman–Crippen MR) is 84.8 cm³/mol. The van der Waals surface area contributed by atoms with Gasteiger partial charge in [-0.25, -0.2) is 0 Å². The maximum Gasteiger partial charge on any atom is 0.259 e. The Labute approximate surface area is 131 Å². The summed E-state index contributed by atoms with van der Waals surface area (Å²) in [6.45, 7) is 1.93. The highest BCUT2D eigenvalue weighted by molar-refractivity contribution is 9.10. The van der Waals surface area contributed by atoms with Gasteiger partial charge in [0.1, 0.15) is 5.75 Å². The molecule has 0 bridgehead atoms. The number of halogens is 2. The zero-order valence-corrected chi connectivity index (χ0v) is 13.4. The van der Waals surface area contributed by atoms with Crippen molar-refractivity contribution in [3.63, 3.8) is 0 Å². The summed E-state index contributed by atoms with van der Waals surface area (Å²) >= 11 is 9.24. The molecule has 0 saturated heterocycles. The molecule has 2 rings (SSSR count). The van der Waals surface area contributed by atoms with Crippen LogP contribution in [0.15, 0.2) is 40.9 Å². The number of methoxy groups -OCH3 is 1. The Morgan fingerprint density at radius 2 is 2.00 bits per heavy atom. The Balaban J connectivity index is 2.30. The van der Waals surface area contributed by atoms with Crippen LogP contribution in [0.3, 0.4) is 0 Å². The second kappa shape index (κ2) is 6.29. The van der Waals surface area contributed by atoms with E-state index in [-0.39, 0.29) is 5.91 Å². The van der Waals surface area contributed by atoms with Crippen LogP contribution in [0.1, 0.15) is 15.9 Å². The Morgan fingerprint density at radius 1 is 1.25 bits per heavy atom. The summed E-state index contributed by atoms with van der Waals surface area (Å²) in [5, 5.41) is 3.43. The third-order valence-corrected chi connectivity index (χ3v) is 3.67. The van der Waals surface area contributed by atoms with Crippen molar-refractivity contribution in [2.75, 3.05) is 12.4 Å². The molecule has 1 amide bonds. The fourth-order valence-electron chi connectivity index (χ4n) is 1.78. The van der Waals surface area contributed by atoms with Gasteiger partial charge in [-0.15, -0.1) is 0 Å². The molecule has 1 N–H and O–H groups in total. The zero-order valence-electron chi connectivity index (χ0n) is 11.0. The van der Waals surface area contributed by atoms with Crippen molar-refractivity contribution in [3.8, 4) is 5.75 Å². The summed E-state index contributed by atoms with van der Waals surface area (Å²) in [5.41, 5.74) is 2.14. The van der Waals surface area contributed by atoms with Crippen LogP contribution < -0.4 is 10.1 Å². The number of anilines is 1. The van der Waals surface area contributed by atoms with E-state index >= 15 is 0 Å². The second-order valence-corrected chi connectivity index (χ2v) is 5.57. The molecule has 5 heteroatoms. The minimum Gasteiger partial charge on any atom is -0.496 e. The molecule has 0 aliphatic rings. The quantitative estimate of drug-likeness (QED) is 0.869. The number of hydrogen-bond acceptors (Lipinski definition) is 2. The molecule has 20 heavy (non-hydrogen) atoms. The molecule has 0 aliphatic carbocycles. The first kappa shape index (κ1) is 14.9. The lowest BCUT2D eigenvalue weighted by molar-refractivity contribution is 0.102. The van der Waals surface area contributed by atoms with E-state index in [0.717, 1.165) is 10.0 Å². The zero-order chi connectivity index (χ0) is 14.7. The summed E-state index contributed by atoms with van der Waals surface area (Å²) in [5.74, 6) is 0.312. The molecule has 0 atom stereocenters. The lowest BCUT2D eigenvalue weighted by atomic mass is 10.1. The van der Waals surface area contributed by atoms with E-state index in [2.05, 4.69) is 21.2 Å². The van der Waals surface area contributed by atoms with Gasteiger partial charge in [-0.05, 0) is 53.2 Å². The van der Waals surface area contributed by atoms with E-state index in [4.69, 9.17) is 16.3 Å². The molecule has 0 saturated carbocycles. The number of aryl methyl sites for hydroxylation is 1. The van der Waals surface area contributed by atoms with Gasteiger partial charge in [0.25, 0.3) is 5.91 Å². The van der Waals surface area contributed by atoms with Gasteiger partial charge in [0.05, 0.1) is 18.4 Å². The minimum atomic E-state index is -0.228. The lowest BCUT2D eigenvalue weighted by Gasteiger charge is -2.11. The van der Waals surface area contributed by atoms with E-state index in [0.29, 0.717) is 22.0 Å². The van der Waals surface area contributed by atoms with Gasteiger partial charge >= 0.3 is 0 Å². The molecule has 0 aliphatic heterocycles. The number of rotatable bonds is 3. The van der Waals surface area contributed by atoms with Crippen LogP contribution in [0.5, 0.6) is 5.75 Å². The summed E-state index contributed by atoms with van der Waals surface area (Å²) in [4.78, 5) is 12.3. The lowest BCUT2D eigenvalue weighted by Crippen LogP contribution is -2.13. The van der Waals surface area contributed by atoms with Gasteiger partial charge in [-0.3, -0.25) is 4.79 Å². The minimum absolute atomic E-state index is 0.228. The van der Waals surface area contributed by atoms with Crippen molar-refractivity contribution < 1.29 is 9.53 Å². The molecule has 0 unspecified atom stereocenters. The van der Waals surface area contributed by atoms with Crippen LogP contribution in [-0.2, 0) is 0 Å². The molecule has 2 aromatic carbocycles. The van der Waals surface area contributed by atoms with E-state index in [1.54, 1.807) is 37.4 Å². The number of ether oxygens (including phenoxy) is 1. The van der Waals surface area contributed by atoms with Crippen molar-refractivity contribution >= 4 is 39.1 Å². The molecular weight excluding hydrogens is 342 g/mol. The average Bonchev–Trinajstić information content (AvgIpc) is 2.41. The molecule has 0 radical (unpaired) electrons.